The maximum absolute atomic E-state index is 13.2. The van der Waals surface area contributed by atoms with Crippen molar-refractivity contribution in [1.29, 1.82) is 0 Å². The van der Waals surface area contributed by atoms with Gasteiger partial charge in [-0.05, 0) is 67.5 Å². The van der Waals surface area contributed by atoms with E-state index in [0.29, 0.717) is 13.1 Å². The summed E-state index contributed by atoms with van der Waals surface area (Å²) in [7, 11) is 1.95. The summed E-state index contributed by atoms with van der Waals surface area (Å²) in [5, 5.41) is 2.05. The van der Waals surface area contributed by atoms with Crippen LogP contribution < -0.4 is 4.90 Å². The smallest absolute Gasteiger partial charge is 0.270 e. The molecule has 4 heterocycles. The average molecular weight is 465 g/mol. The molecule has 2 fully saturated rings. The Bertz CT molecular complexity index is 1160. The highest BCUT2D eigenvalue weighted by Crippen LogP contribution is 2.27. The summed E-state index contributed by atoms with van der Waals surface area (Å²) in [4.78, 5) is 32.6. The molecular formula is C26H32N4O2S. The molecule has 5 rings (SSSR count). The van der Waals surface area contributed by atoms with Gasteiger partial charge in [-0.15, -0.1) is 11.3 Å². The minimum Gasteiger partial charge on any atom is -0.368 e. The zero-order valence-corrected chi connectivity index (χ0v) is 20.5. The number of nitrogens with zero attached hydrogens (tertiary/aromatic N) is 4. The number of rotatable bonds is 3. The van der Waals surface area contributed by atoms with Crippen molar-refractivity contribution in [1.82, 2.24) is 14.4 Å². The van der Waals surface area contributed by atoms with Crippen LogP contribution in [0.1, 0.15) is 34.5 Å². The third kappa shape index (κ3) is 4.26. The van der Waals surface area contributed by atoms with E-state index in [0.717, 1.165) is 54.9 Å². The number of likely N-dealkylation sites (tertiary alicyclic amines) is 1. The van der Waals surface area contributed by atoms with E-state index >= 15 is 0 Å². The Kier molecular flexibility index (Phi) is 5.91. The fourth-order valence-electron chi connectivity index (χ4n) is 5.32. The number of thiophene rings is 1. The molecule has 0 bridgehead atoms. The molecule has 33 heavy (non-hydrogen) atoms. The Morgan fingerprint density at radius 1 is 0.879 bits per heavy atom. The van der Waals surface area contributed by atoms with E-state index in [1.165, 1.54) is 16.8 Å². The molecule has 2 amide bonds. The minimum absolute atomic E-state index is 0.0266. The van der Waals surface area contributed by atoms with Crippen LogP contribution in [0.15, 0.2) is 35.7 Å². The van der Waals surface area contributed by atoms with Gasteiger partial charge in [-0.25, -0.2) is 0 Å². The summed E-state index contributed by atoms with van der Waals surface area (Å²) in [5.41, 5.74) is 5.66. The first kappa shape index (κ1) is 22.0. The highest BCUT2D eigenvalue weighted by molar-refractivity contribution is 7.17. The molecule has 0 atom stereocenters. The second-order valence-corrected chi connectivity index (χ2v) is 10.4. The third-order valence-corrected chi connectivity index (χ3v) is 8.03. The molecule has 1 aromatic carbocycles. The first-order valence-corrected chi connectivity index (χ1v) is 12.7. The van der Waals surface area contributed by atoms with Gasteiger partial charge in [-0.1, -0.05) is 6.07 Å². The Balaban J connectivity index is 1.15. The molecule has 2 saturated heterocycles. The van der Waals surface area contributed by atoms with Crippen molar-refractivity contribution < 1.29 is 9.59 Å². The molecule has 2 aliphatic heterocycles. The minimum atomic E-state index is 0.0266. The number of piperazine rings is 1. The van der Waals surface area contributed by atoms with Gasteiger partial charge in [0, 0.05) is 57.9 Å². The summed E-state index contributed by atoms with van der Waals surface area (Å²) < 4.78 is 3.13. The summed E-state index contributed by atoms with van der Waals surface area (Å²) in [6, 6.07) is 10.7. The van der Waals surface area contributed by atoms with Crippen LogP contribution in [0, 0.1) is 19.8 Å². The number of carbonyl (C=O) groups is 2. The van der Waals surface area contributed by atoms with E-state index < -0.39 is 0 Å². The van der Waals surface area contributed by atoms with Crippen LogP contribution in [0.4, 0.5) is 5.69 Å². The fourth-order valence-corrected chi connectivity index (χ4v) is 6.17. The average Bonchev–Trinajstić information content (AvgIpc) is 3.40. The quantitative estimate of drug-likeness (QED) is 0.587. The Labute approximate surface area is 199 Å². The lowest BCUT2D eigenvalue weighted by Gasteiger charge is -2.39. The van der Waals surface area contributed by atoms with E-state index in [1.807, 2.05) is 27.5 Å². The normalized spacial score (nSPS) is 17.7. The molecule has 0 unspecified atom stereocenters. The van der Waals surface area contributed by atoms with Gasteiger partial charge in [0.05, 0.1) is 10.2 Å². The van der Waals surface area contributed by atoms with Crippen molar-refractivity contribution >= 4 is 39.1 Å². The molecule has 174 valence electrons. The van der Waals surface area contributed by atoms with Crippen molar-refractivity contribution in [3.63, 3.8) is 0 Å². The number of piperidine rings is 1. The molecule has 0 saturated carbocycles. The summed E-state index contributed by atoms with van der Waals surface area (Å²) >= 11 is 1.66. The first-order valence-electron chi connectivity index (χ1n) is 11.8. The number of benzene rings is 1. The molecule has 7 heteroatoms. The number of anilines is 1. The van der Waals surface area contributed by atoms with Crippen molar-refractivity contribution in [2.75, 3.05) is 44.2 Å². The number of carbonyl (C=O) groups excluding carboxylic acids is 2. The predicted octanol–water partition coefficient (Wildman–Crippen LogP) is 4.06. The third-order valence-electron chi connectivity index (χ3n) is 7.18. The van der Waals surface area contributed by atoms with E-state index in [1.54, 1.807) is 11.3 Å². The summed E-state index contributed by atoms with van der Waals surface area (Å²) in [6.45, 7) is 8.85. The standard InChI is InChI=1S/C26H32N4O2S/c1-18-14-19(2)16-21(15-18)28-9-11-30(12-10-28)25(31)20-4-7-29(8-5-20)26(32)23-17-24-22(27(23)3)6-13-33-24/h6,13-17,20H,4-5,7-12H2,1-3H3. The van der Waals surface area contributed by atoms with Crippen molar-refractivity contribution in [3.8, 4) is 0 Å². The van der Waals surface area contributed by atoms with Gasteiger partial charge in [0.15, 0.2) is 0 Å². The molecular weight excluding hydrogens is 432 g/mol. The van der Waals surface area contributed by atoms with Gasteiger partial charge in [0.25, 0.3) is 5.91 Å². The molecule has 3 aromatic rings. The summed E-state index contributed by atoms with van der Waals surface area (Å²) in [6.07, 6.45) is 1.50. The number of amides is 2. The Morgan fingerprint density at radius 2 is 1.55 bits per heavy atom. The molecule has 2 aromatic heterocycles. The molecule has 2 aliphatic rings. The van der Waals surface area contributed by atoms with E-state index in [9.17, 15) is 9.59 Å². The number of fused-ring (bicyclic) bond motifs is 1. The second-order valence-electron chi connectivity index (χ2n) is 9.48. The largest absolute Gasteiger partial charge is 0.368 e. The van der Waals surface area contributed by atoms with E-state index in [2.05, 4.69) is 48.4 Å². The van der Waals surface area contributed by atoms with Crippen LogP contribution in [0.5, 0.6) is 0 Å². The van der Waals surface area contributed by atoms with Gasteiger partial charge in [-0.2, -0.15) is 0 Å². The topological polar surface area (TPSA) is 48.8 Å². The zero-order valence-electron chi connectivity index (χ0n) is 19.7. The maximum Gasteiger partial charge on any atom is 0.270 e. The van der Waals surface area contributed by atoms with Gasteiger partial charge in [-0.3, -0.25) is 9.59 Å². The van der Waals surface area contributed by atoms with E-state index in [-0.39, 0.29) is 17.7 Å². The molecule has 0 N–H and O–H groups in total. The maximum atomic E-state index is 13.2. The fraction of sp³-hybridized carbons (Fsp3) is 0.462. The lowest BCUT2D eigenvalue weighted by molar-refractivity contribution is -0.137. The van der Waals surface area contributed by atoms with Crippen molar-refractivity contribution in [3.05, 3.63) is 52.5 Å². The number of aryl methyl sites for hydroxylation is 3. The summed E-state index contributed by atoms with van der Waals surface area (Å²) in [5.74, 6) is 0.370. The van der Waals surface area contributed by atoms with Crippen LogP contribution >= 0.6 is 11.3 Å². The van der Waals surface area contributed by atoms with Crippen LogP contribution in [-0.4, -0.2) is 65.4 Å². The predicted molar refractivity (Wildman–Crippen MR) is 134 cm³/mol. The van der Waals surface area contributed by atoms with Gasteiger partial charge < -0.3 is 19.3 Å². The Morgan fingerprint density at radius 3 is 2.18 bits per heavy atom. The van der Waals surface area contributed by atoms with Gasteiger partial charge in [0.2, 0.25) is 5.91 Å². The lowest BCUT2D eigenvalue weighted by Crippen LogP contribution is -2.52. The molecule has 0 spiro atoms. The highest BCUT2D eigenvalue weighted by Gasteiger charge is 2.32. The number of aromatic nitrogens is 1. The first-order chi connectivity index (χ1) is 15.9. The van der Waals surface area contributed by atoms with Crippen LogP contribution in [0.3, 0.4) is 0 Å². The monoisotopic (exact) mass is 464 g/mol. The highest BCUT2D eigenvalue weighted by atomic mass is 32.1. The zero-order chi connectivity index (χ0) is 23.1. The van der Waals surface area contributed by atoms with Gasteiger partial charge >= 0.3 is 0 Å². The number of hydrogen-bond donors (Lipinski definition) is 0. The van der Waals surface area contributed by atoms with E-state index in [4.69, 9.17) is 0 Å². The molecule has 0 radical (unpaired) electrons. The molecule has 0 aliphatic carbocycles. The van der Waals surface area contributed by atoms with Crippen LogP contribution in [0.25, 0.3) is 10.2 Å². The van der Waals surface area contributed by atoms with Gasteiger partial charge in [0.1, 0.15) is 5.69 Å². The van der Waals surface area contributed by atoms with Crippen LogP contribution in [-0.2, 0) is 11.8 Å². The second kappa shape index (κ2) is 8.86. The number of hydrogen-bond acceptors (Lipinski definition) is 4. The van der Waals surface area contributed by atoms with Crippen molar-refractivity contribution in [2.45, 2.75) is 26.7 Å². The SMILES string of the molecule is Cc1cc(C)cc(N2CCN(C(=O)C3CCN(C(=O)c4cc5sccc5n4C)CC3)CC2)c1. The molecule has 6 nitrogen and oxygen atoms in total. The lowest BCUT2D eigenvalue weighted by atomic mass is 9.94. The van der Waals surface area contributed by atoms with Crippen molar-refractivity contribution in [2.24, 2.45) is 13.0 Å². The van der Waals surface area contributed by atoms with Crippen LogP contribution in [0.2, 0.25) is 0 Å². The Hall–Kier alpha value is -2.80.